The van der Waals surface area contributed by atoms with Crippen LogP contribution in [-0.2, 0) is 14.3 Å². The van der Waals surface area contributed by atoms with Crippen LogP contribution >= 0.6 is 0 Å². The number of benzene rings is 2. The van der Waals surface area contributed by atoms with Gasteiger partial charge in [-0.1, -0.05) is 82.7 Å². The standard InChI is InChI=1S/C34H51N3O5/c1-9-11-12-13-14-23-37(32(39)29(25(4)10-2)36-33(40)42-34(5,6)7)30(26-17-15-24(3)16-18-26)31(38)35-27-19-21-28(41-8)22-20-27/h15-22,25,29-30H,9-14,23H2,1-8H3,(H,35,38)(H,36,40). The highest BCUT2D eigenvalue weighted by Crippen LogP contribution is 2.28. The monoisotopic (exact) mass is 581 g/mol. The zero-order valence-corrected chi connectivity index (χ0v) is 26.8. The Morgan fingerprint density at radius 2 is 1.52 bits per heavy atom. The SMILES string of the molecule is CCCCCCCN(C(=O)C(NC(=O)OC(C)(C)C)C(C)CC)C(C(=O)Nc1ccc(OC)cc1)c1ccc(C)cc1. The Morgan fingerprint density at radius 3 is 2.07 bits per heavy atom. The van der Waals surface area contributed by atoms with Gasteiger partial charge in [-0.2, -0.15) is 0 Å². The summed E-state index contributed by atoms with van der Waals surface area (Å²) in [5.74, 6) is -0.139. The minimum absolute atomic E-state index is 0.184. The van der Waals surface area contributed by atoms with E-state index in [2.05, 4.69) is 17.6 Å². The third-order valence-corrected chi connectivity index (χ3v) is 7.25. The van der Waals surface area contributed by atoms with Crippen molar-refractivity contribution in [3.05, 3.63) is 59.7 Å². The Kier molecular flexibility index (Phi) is 13.8. The van der Waals surface area contributed by atoms with Crippen molar-refractivity contribution in [1.29, 1.82) is 0 Å². The molecule has 0 aliphatic rings. The zero-order valence-electron chi connectivity index (χ0n) is 26.8. The summed E-state index contributed by atoms with van der Waals surface area (Å²) in [6, 6.07) is 13.0. The molecule has 0 aromatic heterocycles. The molecule has 0 radical (unpaired) electrons. The zero-order chi connectivity index (χ0) is 31.3. The number of hydrogen-bond acceptors (Lipinski definition) is 5. The molecule has 0 saturated heterocycles. The van der Waals surface area contributed by atoms with E-state index in [1.165, 1.54) is 0 Å². The van der Waals surface area contributed by atoms with Crippen molar-refractivity contribution in [1.82, 2.24) is 10.2 Å². The smallest absolute Gasteiger partial charge is 0.408 e. The van der Waals surface area contributed by atoms with Crippen molar-refractivity contribution in [3.63, 3.8) is 0 Å². The van der Waals surface area contributed by atoms with Crippen LogP contribution in [0, 0.1) is 12.8 Å². The quantitative estimate of drug-likeness (QED) is 0.213. The fraction of sp³-hybridized carbons (Fsp3) is 0.559. The average molecular weight is 582 g/mol. The fourth-order valence-electron chi connectivity index (χ4n) is 4.66. The molecular weight excluding hydrogens is 530 g/mol. The molecule has 3 unspecified atom stereocenters. The second-order valence-corrected chi connectivity index (χ2v) is 12.0. The van der Waals surface area contributed by atoms with Gasteiger partial charge in [-0.25, -0.2) is 4.79 Å². The average Bonchev–Trinajstić information content (AvgIpc) is 2.94. The number of carbonyl (C=O) groups is 3. The lowest BCUT2D eigenvalue weighted by Gasteiger charge is -2.36. The maximum absolute atomic E-state index is 14.4. The number of nitrogens with one attached hydrogen (secondary N) is 2. The summed E-state index contributed by atoms with van der Waals surface area (Å²) in [6.07, 6.45) is 4.95. The number of ether oxygens (including phenoxy) is 2. The molecule has 0 aliphatic carbocycles. The van der Waals surface area contributed by atoms with Gasteiger partial charge in [0.15, 0.2) is 0 Å². The summed E-state index contributed by atoms with van der Waals surface area (Å²) in [4.78, 5) is 43.0. The number of methoxy groups -OCH3 is 1. The number of amides is 3. The van der Waals surface area contributed by atoms with Crippen LogP contribution in [-0.4, -0.2) is 48.1 Å². The summed E-state index contributed by atoms with van der Waals surface area (Å²) in [5.41, 5.74) is 1.64. The molecule has 0 bridgehead atoms. The van der Waals surface area contributed by atoms with E-state index < -0.39 is 23.8 Å². The topological polar surface area (TPSA) is 97.0 Å². The number of aryl methyl sites for hydroxylation is 1. The van der Waals surface area contributed by atoms with Crippen LogP contribution in [0.3, 0.4) is 0 Å². The van der Waals surface area contributed by atoms with Crippen LogP contribution in [0.4, 0.5) is 10.5 Å². The summed E-state index contributed by atoms with van der Waals surface area (Å²) in [6.45, 7) is 13.8. The lowest BCUT2D eigenvalue weighted by molar-refractivity contribution is -0.142. The van der Waals surface area contributed by atoms with Crippen LogP contribution in [0.2, 0.25) is 0 Å². The Hall–Kier alpha value is -3.55. The molecule has 2 aromatic carbocycles. The van der Waals surface area contributed by atoms with Gasteiger partial charge in [0, 0.05) is 12.2 Å². The van der Waals surface area contributed by atoms with Gasteiger partial charge in [0.05, 0.1) is 7.11 Å². The number of anilines is 1. The Balaban J connectivity index is 2.52. The summed E-state index contributed by atoms with van der Waals surface area (Å²) in [7, 11) is 1.59. The lowest BCUT2D eigenvalue weighted by atomic mass is 9.95. The van der Waals surface area contributed by atoms with Crippen molar-refractivity contribution in [3.8, 4) is 5.75 Å². The van der Waals surface area contributed by atoms with Crippen LogP contribution in [0.15, 0.2) is 48.5 Å². The molecule has 2 N–H and O–H groups in total. The van der Waals surface area contributed by atoms with E-state index in [0.717, 1.165) is 37.7 Å². The Labute approximate surface area is 252 Å². The van der Waals surface area contributed by atoms with Crippen LogP contribution in [0.5, 0.6) is 5.75 Å². The van der Waals surface area contributed by atoms with Gasteiger partial charge >= 0.3 is 6.09 Å². The van der Waals surface area contributed by atoms with Gasteiger partial charge in [0.1, 0.15) is 23.4 Å². The number of carbonyl (C=O) groups excluding carboxylic acids is 3. The van der Waals surface area contributed by atoms with Gasteiger partial charge in [0.25, 0.3) is 5.91 Å². The number of rotatable bonds is 15. The number of alkyl carbamates (subject to hydrolysis) is 1. The second kappa shape index (κ2) is 16.8. The first-order valence-corrected chi connectivity index (χ1v) is 15.2. The normalized spacial score (nSPS) is 13.4. The van der Waals surface area contributed by atoms with Gasteiger partial charge < -0.3 is 25.0 Å². The van der Waals surface area contributed by atoms with Crippen molar-refractivity contribution in [2.45, 2.75) is 105 Å². The minimum Gasteiger partial charge on any atom is -0.497 e. The van der Waals surface area contributed by atoms with Crippen LogP contribution in [0.1, 0.15) is 97.2 Å². The molecule has 2 aromatic rings. The molecule has 8 nitrogen and oxygen atoms in total. The number of unbranched alkanes of at least 4 members (excludes halogenated alkanes) is 4. The molecule has 0 aliphatic heterocycles. The molecule has 0 saturated carbocycles. The molecule has 2 rings (SSSR count). The molecular formula is C34H51N3O5. The second-order valence-electron chi connectivity index (χ2n) is 12.0. The predicted molar refractivity (Wildman–Crippen MR) is 169 cm³/mol. The Morgan fingerprint density at radius 1 is 0.905 bits per heavy atom. The molecule has 3 atom stereocenters. The van der Waals surface area contributed by atoms with Gasteiger partial charge in [-0.15, -0.1) is 0 Å². The van der Waals surface area contributed by atoms with Gasteiger partial charge in [0.2, 0.25) is 5.91 Å². The summed E-state index contributed by atoms with van der Waals surface area (Å²) >= 11 is 0. The third-order valence-electron chi connectivity index (χ3n) is 7.25. The summed E-state index contributed by atoms with van der Waals surface area (Å²) in [5, 5.41) is 5.84. The number of nitrogens with zero attached hydrogens (tertiary/aromatic N) is 1. The highest BCUT2D eigenvalue weighted by atomic mass is 16.6. The van der Waals surface area contributed by atoms with Crippen molar-refractivity contribution in [2.24, 2.45) is 5.92 Å². The minimum atomic E-state index is -0.904. The van der Waals surface area contributed by atoms with E-state index in [1.807, 2.05) is 45.0 Å². The number of hydrogen-bond donors (Lipinski definition) is 2. The van der Waals surface area contributed by atoms with E-state index in [0.29, 0.717) is 30.0 Å². The molecule has 232 valence electrons. The largest absolute Gasteiger partial charge is 0.497 e. The molecule has 0 spiro atoms. The van der Waals surface area contributed by atoms with E-state index in [1.54, 1.807) is 57.0 Å². The van der Waals surface area contributed by atoms with E-state index in [-0.39, 0.29) is 17.7 Å². The van der Waals surface area contributed by atoms with Crippen LogP contribution < -0.4 is 15.4 Å². The summed E-state index contributed by atoms with van der Waals surface area (Å²) < 4.78 is 10.8. The first kappa shape index (κ1) is 34.7. The molecule has 42 heavy (non-hydrogen) atoms. The molecule has 3 amide bonds. The fourth-order valence-corrected chi connectivity index (χ4v) is 4.66. The van der Waals surface area contributed by atoms with Crippen molar-refractivity contribution < 1.29 is 23.9 Å². The molecule has 8 heteroatoms. The van der Waals surface area contributed by atoms with Crippen molar-refractivity contribution in [2.75, 3.05) is 19.0 Å². The first-order chi connectivity index (χ1) is 19.9. The maximum Gasteiger partial charge on any atom is 0.408 e. The van der Waals surface area contributed by atoms with E-state index in [9.17, 15) is 14.4 Å². The van der Waals surface area contributed by atoms with Crippen molar-refractivity contribution >= 4 is 23.6 Å². The third kappa shape index (κ3) is 11.0. The van der Waals surface area contributed by atoms with E-state index >= 15 is 0 Å². The molecule has 0 heterocycles. The van der Waals surface area contributed by atoms with E-state index in [4.69, 9.17) is 9.47 Å². The van der Waals surface area contributed by atoms with Gasteiger partial charge in [-0.3, -0.25) is 9.59 Å². The first-order valence-electron chi connectivity index (χ1n) is 15.2. The maximum atomic E-state index is 14.4. The van der Waals surface area contributed by atoms with Crippen LogP contribution in [0.25, 0.3) is 0 Å². The van der Waals surface area contributed by atoms with Gasteiger partial charge in [-0.05, 0) is 69.9 Å². The predicted octanol–water partition coefficient (Wildman–Crippen LogP) is 7.42. The highest BCUT2D eigenvalue weighted by Gasteiger charge is 2.38. The Bertz CT molecular complexity index is 1130. The lowest BCUT2D eigenvalue weighted by Crippen LogP contribution is -2.55. The highest BCUT2D eigenvalue weighted by molar-refractivity contribution is 5.99. The molecule has 0 fully saturated rings.